The van der Waals surface area contributed by atoms with Crippen molar-refractivity contribution in [3.8, 4) is 0 Å². The molecule has 7 unspecified atom stereocenters. The lowest BCUT2D eigenvalue weighted by Crippen LogP contribution is -2.33. The lowest BCUT2D eigenvalue weighted by molar-refractivity contribution is 0.136. The van der Waals surface area contributed by atoms with Gasteiger partial charge in [0, 0.05) is 0 Å². The predicted molar refractivity (Wildman–Crippen MR) is 74.6 cm³/mol. The lowest BCUT2D eigenvalue weighted by atomic mass is 9.70. The fourth-order valence-corrected chi connectivity index (χ4v) is 5.64. The van der Waals surface area contributed by atoms with E-state index in [1.54, 1.807) is 12.2 Å². The van der Waals surface area contributed by atoms with Gasteiger partial charge in [0.25, 0.3) is 0 Å². The Morgan fingerprint density at radius 1 is 1.15 bits per heavy atom. The molecule has 0 aliphatic heterocycles. The first kappa shape index (κ1) is 13.7. The van der Waals surface area contributed by atoms with Crippen molar-refractivity contribution in [2.45, 2.75) is 45.1 Å². The number of aliphatic imine (C=N–C) groups is 2. The van der Waals surface area contributed by atoms with Crippen LogP contribution < -0.4 is 0 Å². The van der Waals surface area contributed by atoms with Crippen LogP contribution in [-0.2, 0) is 9.59 Å². The third-order valence-electron chi connectivity index (χ3n) is 6.26. The standard InChI is InChI=1S/C16H22N2O2/c1-10(18-9-20)14-6-12-7-15(14)16-11(2-3-13(12)16)4-5-17-8-19/h10-16H,2-7H2,1H3. The second-order valence-corrected chi connectivity index (χ2v) is 6.86. The highest BCUT2D eigenvalue weighted by Gasteiger charge is 2.57. The van der Waals surface area contributed by atoms with Gasteiger partial charge in [0.05, 0.1) is 12.6 Å². The normalized spacial score (nSPS) is 42.6. The zero-order chi connectivity index (χ0) is 14.1. The van der Waals surface area contributed by atoms with E-state index in [9.17, 15) is 9.59 Å². The Balaban J connectivity index is 1.70. The van der Waals surface area contributed by atoms with Gasteiger partial charge < -0.3 is 0 Å². The molecule has 3 saturated carbocycles. The molecule has 7 atom stereocenters. The maximum atomic E-state index is 10.5. The van der Waals surface area contributed by atoms with Crippen LogP contribution in [0.1, 0.15) is 39.0 Å². The van der Waals surface area contributed by atoms with Gasteiger partial charge in [-0.25, -0.2) is 19.6 Å². The maximum Gasteiger partial charge on any atom is 0.235 e. The monoisotopic (exact) mass is 274 g/mol. The highest BCUT2D eigenvalue weighted by Crippen LogP contribution is 2.64. The zero-order valence-electron chi connectivity index (χ0n) is 12.0. The van der Waals surface area contributed by atoms with E-state index >= 15 is 0 Å². The van der Waals surface area contributed by atoms with Crippen molar-refractivity contribution in [2.75, 3.05) is 6.54 Å². The fourth-order valence-electron chi connectivity index (χ4n) is 5.64. The number of fused-ring (bicyclic) bond motifs is 5. The molecule has 0 aromatic heterocycles. The van der Waals surface area contributed by atoms with Crippen LogP contribution in [0.5, 0.6) is 0 Å². The molecular formula is C16H22N2O2. The van der Waals surface area contributed by atoms with Gasteiger partial charge in [0.15, 0.2) is 0 Å². The molecule has 2 bridgehead atoms. The van der Waals surface area contributed by atoms with E-state index in [2.05, 4.69) is 16.9 Å². The molecule has 0 radical (unpaired) electrons. The van der Waals surface area contributed by atoms with Crippen LogP contribution in [0, 0.1) is 35.5 Å². The molecule has 3 aliphatic carbocycles. The van der Waals surface area contributed by atoms with Crippen molar-refractivity contribution in [3.63, 3.8) is 0 Å². The molecule has 0 aromatic carbocycles. The summed E-state index contributed by atoms with van der Waals surface area (Å²) in [5.74, 6) is 4.52. The molecule has 0 N–H and O–H groups in total. The van der Waals surface area contributed by atoms with Gasteiger partial charge in [0.2, 0.25) is 12.2 Å². The molecule has 4 nitrogen and oxygen atoms in total. The van der Waals surface area contributed by atoms with Crippen LogP contribution in [0.3, 0.4) is 0 Å². The summed E-state index contributed by atoms with van der Waals surface area (Å²) in [6, 6.07) is 0.123. The van der Waals surface area contributed by atoms with Gasteiger partial charge in [-0.3, -0.25) is 0 Å². The highest BCUT2D eigenvalue weighted by atomic mass is 16.1. The van der Waals surface area contributed by atoms with Crippen molar-refractivity contribution in [3.05, 3.63) is 0 Å². The van der Waals surface area contributed by atoms with Gasteiger partial charge in [0.1, 0.15) is 0 Å². The molecule has 0 spiro atoms. The average Bonchev–Trinajstić information content (AvgIpc) is 3.10. The minimum atomic E-state index is 0.123. The first-order valence-corrected chi connectivity index (χ1v) is 7.86. The molecule has 0 saturated heterocycles. The van der Waals surface area contributed by atoms with Gasteiger partial charge in [-0.15, -0.1) is 0 Å². The van der Waals surface area contributed by atoms with E-state index in [1.165, 1.54) is 25.7 Å². The maximum absolute atomic E-state index is 10.5. The number of carbonyl (C=O) groups excluding carboxylic acids is 2. The summed E-state index contributed by atoms with van der Waals surface area (Å²) in [6.07, 6.45) is 9.61. The van der Waals surface area contributed by atoms with Crippen LogP contribution >= 0.6 is 0 Å². The van der Waals surface area contributed by atoms with Gasteiger partial charge in [-0.05, 0) is 74.5 Å². The van der Waals surface area contributed by atoms with Gasteiger partial charge in [-0.2, -0.15) is 0 Å². The third kappa shape index (κ3) is 2.17. The van der Waals surface area contributed by atoms with E-state index in [0.29, 0.717) is 18.4 Å². The van der Waals surface area contributed by atoms with Crippen molar-refractivity contribution < 1.29 is 9.59 Å². The fraction of sp³-hybridized carbons (Fsp3) is 0.875. The van der Waals surface area contributed by atoms with Crippen molar-refractivity contribution >= 4 is 12.2 Å². The predicted octanol–water partition coefficient (Wildman–Crippen LogP) is 2.74. The number of isocyanates is 2. The third-order valence-corrected chi connectivity index (χ3v) is 6.26. The summed E-state index contributed by atoms with van der Waals surface area (Å²) in [5.41, 5.74) is 0. The van der Waals surface area contributed by atoms with Crippen molar-refractivity contribution in [1.29, 1.82) is 0 Å². The summed E-state index contributed by atoms with van der Waals surface area (Å²) in [5, 5.41) is 0. The molecule has 108 valence electrons. The molecule has 3 aliphatic rings. The topological polar surface area (TPSA) is 58.9 Å². The Morgan fingerprint density at radius 2 is 2.00 bits per heavy atom. The van der Waals surface area contributed by atoms with E-state index in [0.717, 1.165) is 30.1 Å². The summed E-state index contributed by atoms with van der Waals surface area (Å²) < 4.78 is 0. The first-order valence-electron chi connectivity index (χ1n) is 7.86. The second kappa shape index (κ2) is 5.63. The highest BCUT2D eigenvalue weighted by molar-refractivity contribution is 5.33. The first-order chi connectivity index (χ1) is 9.76. The van der Waals surface area contributed by atoms with Crippen LogP contribution in [0.25, 0.3) is 0 Å². The molecule has 3 fully saturated rings. The van der Waals surface area contributed by atoms with Crippen LogP contribution in [0.15, 0.2) is 9.98 Å². The number of nitrogens with zero attached hydrogens (tertiary/aromatic N) is 2. The summed E-state index contributed by atoms with van der Waals surface area (Å²) >= 11 is 0. The molecule has 0 amide bonds. The summed E-state index contributed by atoms with van der Waals surface area (Å²) in [7, 11) is 0. The smallest absolute Gasteiger partial charge is 0.211 e. The SMILES string of the molecule is CC(N=C=O)C1CC2CC1C1C(CCN=C=O)CCC21. The lowest BCUT2D eigenvalue weighted by Gasteiger charge is -2.36. The van der Waals surface area contributed by atoms with Crippen LogP contribution in [-0.4, -0.2) is 24.7 Å². The minimum Gasteiger partial charge on any atom is -0.211 e. The number of hydrogen-bond donors (Lipinski definition) is 0. The Labute approximate surface area is 119 Å². The zero-order valence-corrected chi connectivity index (χ0v) is 12.0. The van der Waals surface area contributed by atoms with Crippen LogP contribution in [0.2, 0.25) is 0 Å². The average molecular weight is 274 g/mol. The van der Waals surface area contributed by atoms with E-state index in [4.69, 9.17) is 0 Å². The summed E-state index contributed by atoms with van der Waals surface area (Å²) in [6.45, 7) is 2.69. The van der Waals surface area contributed by atoms with Crippen LogP contribution in [0.4, 0.5) is 0 Å². The molecule has 20 heavy (non-hydrogen) atoms. The largest absolute Gasteiger partial charge is 0.235 e. The number of rotatable bonds is 5. The Morgan fingerprint density at radius 3 is 2.75 bits per heavy atom. The molecule has 0 heterocycles. The Kier molecular flexibility index (Phi) is 3.87. The van der Waals surface area contributed by atoms with Crippen molar-refractivity contribution in [2.24, 2.45) is 45.5 Å². The molecule has 0 aromatic rings. The summed E-state index contributed by atoms with van der Waals surface area (Å²) in [4.78, 5) is 28.4. The number of hydrogen-bond acceptors (Lipinski definition) is 4. The van der Waals surface area contributed by atoms with E-state index in [1.807, 2.05) is 0 Å². The molecular weight excluding hydrogens is 252 g/mol. The van der Waals surface area contributed by atoms with E-state index < -0.39 is 0 Å². The second-order valence-electron chi connectivity index (χ2n) is 6.86. The quantitative estimate of drug-likeness (QED) is 0.571. The molecule has 3 rings (SSSR count). The Bertz CT molecular complexity index is 465. The van der Waals surface area contributed by atoms with Crippen molar-refractivity contribution in [1.82, 2.24) is 0 Å². The van der Waals surface area contributed by atoms with E-state index in [-0.39, 0.29) is 6.04 Å². The van der Waals surface area contributed by atoms with Gasteiger partial charge in [-0.1, -0.05) is 0 Å². The van der Waals surface area contributed by atoms with Gasteiger partial charge >= 0.3 is 0 Å². The molecule has 4 heteroatoms. The minimum absolute atomic E-state index is 0.123. The Hall–Kier alpha value is -1.24.